The van der Waals surface area contributed by atoms with E-state index in [0.717, 1.165) is 31.5 Å². The van der Waals surface area contributed by atoms with Crippen LogP contribution >= 0.6 is 0 Å². The van der Waals surface area contributed by atoms with E-state index in [-0.39, 0.29) is 0 Å². The average molecular weight is 250 g/mol. The van der Waals surface area contributed by atoms with Crippen LogP contribution in [0.5, 0.6) is 0 Å². The minimum absolute atomic E-state index is 0.383. The quantitative estimate of drug-likeness (QED) is 0.813. The van der Waals surface area contributed by atoms with E-state index >= 15 is 0 Å². The van der Waals surface area contributed by atoms with Crippen molar-refractivity contribution >= 4 is 5.91 Å². The fraction of sp³-hybridized carbons (Fsp3) is 0.933. The standard InChI is InChI=1S/C15H26N2O/c1-11-10-16-7-8-17(11)15(18)14-9-13(14)12-5-3-2-4-6-12/h11-14,16H,2-10H2,1H3/t11-,13?,14?/m0/s1. The van der Waals surface area contributed by atoms with Gasteiger partial charge < -0.3 is 10.2 Å². The molecule has 1 N–H and O–H groups in total. The number of nitrogens with one attached hydrogen (secondary N) is 1. The minimum atomic E-state index is 0.383. The van der Waals surface area contributed by atoms with Crippen molar-refractivity contribution in [3.63, 3.8) is 0 Å². The summed E-state index contributed by atoms with van der Waals surface area (Å²) < 4.78 is 0. The van der Waals surface area contributed by atoms with Gasteiger partial charge in [0.15, 0.2) is 0 Å². The Kier molecular flexibility index (Phi) is 3.60. The van der Waals surface area contributed by atoms with Crippen LogP contribution in [0, 0.1) is 17.8 Å². The van der Waals surface area contributed by atoms with Gasteiger partial charge in [0.25, 0.3) is 0 Å². The van der Waals surface area contributed by atoms with Gasteiger partial charge in [-0.2, -0.15) is 0 Å². The van der Waals surface area contributed by atoms with E-state index in [4.69, 9.17) is 0 Å². The Morgan fingerprint density at radius 2 is 2.00 bits per heavy atom. The second kappa shape index (κ2) is 5.20. The van der Waals surface area contributed by atoms with Gasteiger partial charge in [-0.1, -0.05) is 32.1 Å². The molecule has 0 spiro atoms. The zero-order valence-electron chi connectivity index (χ0n) is 11.5. The summed E-state index contributed by atoms with van der Waals surface area (Å²) in [6, 6.07) is 0.388. The maximum Gasteiger partial charge on any atom is 0.226 e. The number of piperazine rings is 1. The van der Waals surface area contributed by atoms with Gasteiger partial charge in [0.2, 0.25) is 5.91 Å². The summed E-state index contributed by atoms with van der Waals surface area (Å²) in [6.45, 7) is 5.01. The molecule has 1 saturated heterocycles. The van der Waals surface area contributed by atoms with Crippen molar-refractivity contribution in [2.45, 2.75) is 51.5 Å². The molecule has 0 aromatic heterocycles. The van der Waals surface area contributed by atoms with Crippen LogP contribution in [0.15, 0.2) is 0 Å². The van der Waals surface area contributed by atoms with Crippen LogP contribution in [-0.2, 0) is 4.79 Å². The number of carbonyl (C=O) groups excluding carboxylic acids is 1. The largest absolute Gasteiger partial charge is 0.337 e. The first-order valence-corrected chi connectivity index (χ1v) is 7.78. The Morgan fingerprint density at radius 1 is 1.22 bits per heavy atom. The number of amides is 1. The van der Waals surface area contributed by atoms with E-state index in [9.17, 15) is 4.79 Å². The smallest absolute Gasteiger partial charge is 0.226 e. The molecule has 2 unspecified atom stereocenters. The Balaban J connectivity index is 1.54. The fourth-order valence-corrected chi connectivity index (χ4v) is 3.96. The monoisotopic (exact) mass is 250 g/mol. The Morgan fingerprint density at radius 3 is 2.72 bits per heavy atom. The zero-order chi connectivity index (χ0) is 12.5. The van der Waals surface area contributed by atoms with Crippen LogP contribution in [0.3, 0.4) is 0 Å². The highest BCUT2D eigenvalue weighted by atomic mass is 16.2. The van der Waals surface area contributed by atoms with Crippen LogP contribution in [0.25, 0.3) is 0 Å². The number of hydrogen-bond donors (Lipinski definition) is 1. The number of rotatable bonds is 2. The lowest BCUT2D eigenvalue weighted by Crippen LogP contribution is -2.52. The van der Waals surface area contributed by atoms with Crippen molar-refractivity contribution in [2.75, 3.05) is 19.6 Å². The molecule has 3 fully saturated rings. The predicted octanol–water partition coefficient (Wildman–Crippen LogP) is 2.02. The summed E-state index contributed by atoms with van der Waals surface area (Å²) >= 11 is 0. The van der Waals surface area contributed by atoms with E-state index in [0.29, 0.717) is 17.9 Å². The van der Waals surface area contributed by atoms with Gasteiger partial charge in [0.1, 0.15) is 0 Å². The normalized spacial score (nSPS) is 37.6. The summed E-state index contributed by atoms with van der Waals surface area (Å²) in [5.74, 6) is 2.44. The molecular weight excluding hydrogens is 224 g/mol. The van der Waals surface area contributed by atoms with Crippen LogP contribution in [0.4, 0.5) is 0 Å². The van der Waals surface area contributed by atoms with Crippen LogP contribution in [0.2, 0.25) is 0 Å². The summed E-state index contributed by atoms with van der Waals surface area (Å²) in [7, 11) is 0. The molecule has 3 heteroatoms. The van der Waals surface area contributed by atoms with Gasteiger partial charge in [-0.25, -0.2) is 0 Å². The van der Waals surface area contributed by atoms with Gasteiger partial charge in [0, 0.05) is 31.6 Å². The maximum atomic E-state index is 12.5. The maximum absolute atomic E-state index is 12.5. The fourth-order valence-electron chi connectivity index (χ4n) is 3.96. The molecule has 3 nitrogen and oxygen atoms in total. The van der Waals surface area contributed by atoms with Crippen molar-refractivity contribution in [1.29, 1.82) is 0 Å². The SMILES string of the molecule is C[C@H]1CNCCN1C(=O)C1CC1C1CCCCC1. The highest BCUT2D eigenvalue weighted by Gasteiger charge is 2.49. The van der Waals surface area contributed by atoms with Crippen LogP contribution in [-0.4, -0.2) is 36.5 Å². The highest BCUT2D eigenvalue weighted by Crippen LogP contribution is 2.50. The Bertz CT molecular complexity index is 312. The third-order valence-electron chi connectivity index (χ3n) is 5.20. The number of carbonyl (C=O) groups is 1. The molecule has 0 aromatic rings. The first-order valence-electron chi connectivity index (χ1n) is 7.78. The lowest BCUT2D eigenvalue weighted by Gasteiger charge is -2.34. The molecule has 0 aromatic carbocycles. The van der Waals surface area contributed by atoms with Crippen molar-refractivity contribution in [1.82, 2.24) is 10.2 Å². The Hall–Kier alpha value is -0.570. The lowest BCUT2D eigenvalue weighted by molar-refractivity contribution is -0.135. The third-order valence-corrected chi connectivity index (χ3v) is 5.20. The predicted molar refractivity (Wildman–Crippen MR) is 72.2 cm³/mol. The van der Waals surface area contributed by atoms with Gasteiger partial charge in [-0.15, -0.1) is 0 Å². The van der Waals surface area contributed by atoms with E-state index in [1.807, 2.05) is 0 Å². The van der Waals surface area contributed by atoms with Crippen molar-refractivity contribution in [2.24, 2.45) is 17.8 Å². The van der Waals surface area contributed by atoms with Gasteiger partial charge >= 0.3 is 0 Å². The van der Waals surface area contributed by atoms with E-state index in [1.165, 1.54) is 38.5 Å². The molecule has 1 aliphatic heterocycles. The molecule has 3 aliphatic rings. The second-order valence-corrected chi connectivity index (χ2v) is 6.49. The molecule has 102 valence electrons. The second-order valence-electron chi connectivity index (χ2n) is 6.49. The lowest BCUT2D eigenvalue weighted by atomic mass is 9.85. The van der Waals surface area contributed by atoms with Crippen molar-refractivity contribution in [3.05, 3.63) is 0 Å². The number of hydrogen-bond acceptors (Lipinski definition) is 2. The first kappa shape index (κ1) is 12.5. The summed E-state index contributed by atoms with van der Waals surface area (Å²) in [6.07, 6.45) is 8.14. The van der Waals surface area contributed by atoms with Crippen LogP contribution in [0.1, 0.15) is 45.4 Å². The topological polar surface area (TPSA) is 32.3 Å². The minimum Gasteiger partial charge on any atom is -0.337 e. The summed E-state index contributed by atoms with van der Waals surface area (Å²) in [5.41, 5.74) is 0. The third kappa shape index (κ3) is 2.42. The molecule has 3 atom stereocenters. The molecule has 2 aliphatic carbocycles. The molecule has 0 bridgehead atoms. The molecule has 1 heterocycles. The summed E-state index contributed by atoms with van der Waals surface area (Å²) in [4.78, 5) is 14.7. The molecule has 18 heavy (non-hydrogen) atoms. The molecule has 1 amide bonds. The molecule has 2 saturated carbocycles. The van der Waals surface area contributed by atoms with E-state index < -0.39 is 0 Å². The highest BCUT2D eigenvalue weighted by molar-refractivity contribution is 5.82. The van der Waals surface area contributed by atoms with Crippen molar-refractivity contribution in [3.8, 4) is 0 Å². The molecular formula is C15H26N2O. The van der Waals surface area contributed by atoms with Gasteiger partial charge in [0.05, 0.1) is 0 Å². The first-order chi connectivity index (χ1) is 8.77. The van der Waals surface area contributed by atoms with Crippen LogP contribution < -0.4 is 5.32 Å². The van der Waals surface area contributed by atoms with E-state index in [2.05, 4.69) is 17.1 Å². The average Bonchev–Trinajstić information content (AvgIpc) is 3.20. The summed E-state index contributed by atoms with van der Waals surface area (Å²) in [5, 5.41) is 3.36. The Labute approximate surface area is 110 Å². The van der Waals surface area contributed by atoms with Gasteiger partial charge in [-0.3, -0.25) is 4.79 Å². The zero-order valence-corrected chi connectivity index (χ0v) is 11.5. The molecule has 3 rings (SSSR count). The molecule has 0 radical (unpaired) electrons. The van der Waals surface area contributed by atoms with E-state index in [1.54, 1.807) is 0 Å². The van der Waals surface area contributed by atoms with Gasteiger partial charge in [-0.05, 0) is 25.2 Å². The number of nitrogens with zero attached hydrogens (tertiary/aromatic N) is 1. The van der Waals surface area contributed by atoms with Crippen molar-refractivity contribution < 1.29 is 4.79 Å².